The number of hydrogen-bond donors (Lipinski definition) is 2. The SMILES string of the molecule is O=C(O)CC1(O)CCN(C(=O)OCc2ccccc2)C1. The van der Waals surface area contributed by atoms with Crippen molar-refractivity contribution < 1.29 is 24.5 Å². The van der Waals surface area contributed by atoms with Crippen LogP contribution in [-0.2, 0) is 16.1 Å². The van der Waals surface area contributed by atoms with Crippen LogP contribution in [0.3, 0.4) is 0 Å². The minimum Gasteiger partial charge on any atom is -0.481 e. The predicted molar refractivity (Wildman–Crippen MR) is 70.0 cm³/mol. The molecule has 1 aliphatic rings. The molecule has 2 rings (SSSR count). The van der Waals surface area contributed by atoms with E-state index in [9.17, 15) is 14.7 Å². The smallest absolute Gasteiger partial charge is 0.410 e. The summed E-state index contributed by atoms with van der Waals surface area (Å²) in [4.78, 5) is 23.8. The summed E-state index contributed by atoms with van der Waals surface area (Å²) in [7, 11) is 0. The van der Waals surface area contributed by atoms with Crippen LogP contribution in [-0.4, -0.2) is 45.9 Å². The number of β-amino-alcohol motifs (C(OH)–C–C–N with tert-alkyl or cyclic N) is 1. The van der Waals surface area contributed by atoms with E-state index >= 15 is 0 Å². The Morgan fingerprint density at radius 1 is 1.30 bits per heavy atom. The molecule has 0 radical (unpaired) electrons. The third-order valence-electron chi connectivity index (χ3n) is 3.28. The molecule has 1 aromatic carbocycles. The van der Waals surface area contributed by atoms with Crippen LogP contribution in [0.25, 0.3) is 0 Å². The summed E-state index contributed by atoms with van der Waals surface area (Å²) in [6, 6.07) is 9.27. The van der Waals surface area contributed by atoms with Crippen LogP contribution < -0.4 is 0 Å². The van der Waals surface area contributed by atoms with Gasteiger partial charge in [-0.3, -0.25) is 4.79 Å². The first kappa shape index (κ1) is 14.3. The molecule has 1 unspecified atom stereocenters. The fraction of sp³-hybridized carbons (Fsp3) is 0.429. The molecule has 6 heteroatoms. The van der Waals surface area contributed by atoms with Gasteiger partial charge in [0.15, 0.2) is 0 Å². The molecule has 0 aliphatic carbocycles. The zero-order chi connectivity index (χ0) is 14.6. The third-order valence-corrected chi connectivity index (χ3v) is 3.28. The van der Waals surface area contributed by atoms with E-state index in [1.165, 1.54) is 4.90 Å². The van der Waals surface area contributed by atoms with Crippen LogP contribution in [0.2, 0.25) is 0 Å². The Kier molecular flexibility index (Phi) is 4.24. The lowest BCUT2D eigenvalue weighted by Crippen LogP contribution is -2.37. The number of ether oxygens (including phenoxy) is 1. The highest BCUT2D eigenvalue weighted by Gasteiger charge is 2.40. The highest BCUT2D eigenvalue weighted by molar-refractivity contribution is 5.70. The van der Waals surface area contributed by atoms with Crippen molar-refractivity contribution in [1.29, 1.82) is 0 Å². The van der Waals surface area contributed by atoms with Crippen LogP contribution in [0.1, 0.15) is 18.4 Å². The van der Waals surface area contributed by atoms with E-state index in [-0.39, 0.29) is 26.0 Å². The van der Waals surface area contributed by atoms with E-state index in [4.69, 9.17) is 9.84 Å². The number of benzene rings is 1. The maximum atomic E-state index is 11.8. The number of carbonyl (C=O) groups is 2. The van der Waals surface area contributed by atoms with E-state index in [2.05, 4.69) is 0 Å². The van der Waals surface area contributed by atoms with Gasteiger partial charge in [0.1, 0.15) is 6.61 Å². The quantitative estimate of drug-likeness (QED) is 0.865. The summed E-state index contributed by atoms with van der Waals surface area (Å²) in [6.45, 7) is 0.456. The monoisotopic (exact) mass is 279 g/mol. The maximum absolute atomic E-state index is 11.8. The molecule has 1 heterocycles. The lowest BCUT2D eigenvalue weighted by atomic mass is 9.99. The summed E-state index contributed by atoms with van der Waals surface area (Å²) >= 11 is 0. The average molecular weight is 279 g/mol. The molecule has 0 saturated carbocycles. The number of likely N-dealkylation sites (tertiary alicyclic amines) is 1. The average Bonchev–Trinajstić information content (AvgIpc) is 2.78. The number of hydrogen-bond acceptors (Lipinski definition) is 4. The Morgan fingerprint density at radius 2 is 2.00 bits per heavy atom. The van der Waals surface area contributed by atoms with Gasteiger partial charge in [-0.15, -0.1) is 0 Å². The molecule has 0 aromatic heterocycles. The molecular formula is C14H17NO5. The van der Waals surface area contributed by atoms with Crippen molar-refractivity contribution in [2.75, 3.05) is 13.1 Å². The molecular weight excluding hydrogens is 262 g/mol. The van der Waals surface area contributed by atoms with E-state index in [1.807, 2.05) is 30.3 Å². The molecule has 1 amide bonds. The van der Waals surface area contributed by atoms with Gasteiger partial charge in [0.25, 0.3) is 0 Å². The summed E-state index contributed by atoms with van der Waals surface area (Å²) in [5, 5.41) is 18.8. The van der Waals surface area contributed by atoms with Crippen molar-refractivity contribution in [2.24, 2.45) is 0 Å². The highest BCUT2D eigenvalue weighted by Crippen LogP contribution is 2.25. The van der Waals surface area contributed by atoms with Gasteiger partial charge in [-0.25, -0.2) is 4.79 Å². The molecule has 1 aromatic rings. The van der Waals surface area contributed by atoms with Gasteiger partial charge in [-0.05, 0) is 12.0 Å². The van der Waals surface area contributed by atoms with E-state index < -0.39 is 17.7 Å². The fourth-order valence-electron chi connectivity index (χ4n) is 2.25. The van der Waals surface area contributed by atoms with E-state index in [0.717, 1.165) is 5.56 Å². The Hall–Kier alpha value is -2.08. The number of aliphatic carboxylic acids is 1. The molecule has 1 atom stereocenters. The first-order valence-corrected chi connectivity index (χ1v) is 6.38. The van der Waals surface area contributed by atoms with Crippen LogP contribution in [0.15, 0.2) is 30.3 Å². The zero-order valence-electron chi connectivity index (χ0n) is 11.0. The van der Waals surface area contributed by atoms with Crippen molar-refractivity contribution in [3.63, 3.8) is 0 Å². The maximum Gasteiger partial charge on any atom is 0.410 e. The predicted octanol–water partition coefficient (Wildman–Crippen LogP) is 1.23. The normalized spacial score (nSPS) is 21.8. The van der Waals surface area contributed by atoms with E-state index in [0.29, 0.717) is 6.54 Å². The summed E-state index contributed by atoms with van der Waals surface area (Å²) in [5.74, 6) is -1.08. The first-order chi connectivity index (χ1) is 9.48. The van der Waals surface area contributed by atoms with E-state index in [1.54, 1.807) is 0 Å². The fourth-order valence-corrected chi connectivity index (χ4v) is 2.25. The van der Waals surface area contributed by atoms with Gasteiger partial charge >= 0.3 is 12.1 Å². The molecule has 1 saturated heterocycles. The largest absolute Gasteiger partial charge is 0.481 e. The molecule has 1 fully saturated rings. The van der Waals surface area contributed by atoms with Crippen molar-refractivity contribution in [3.05, 3.63) is 35.9 Å². The number of carbonyl (C=O) groups excluding carboxylic acids is 1. The Labute approximate surface area is 116 Å². The van der Waals surface area contributed by atoms with Gasteiger partial charge < -0.3 is 19.8 Å². The number of rotatable bonds is 4. The number of nitrogens with zero attached hydrogens (tertiary/aromatic N) is 1. The Bertz CT molecular complexity index is 490. The molecule has 6 nitrogen and oxygen atoms in total. The standard InChI is InChI=1S/C14H17NO5/c16-12(17)8-14(19)6-7-15(10-14)13(18)20-9-11-4-2-1-3-5-11/h1-5,19H,6-10H2,(H,16,17). The second-order valence-corrected chi connectivity index (χ2v) is 5.01. The molecule has 108 valence electrons. The van der Waals surface area contributed by atoms with Crippen molar-refractivity contribution in [3.8, 4) is 0 Å². The van der Waals surface area contributed by atoms with Crippen molar-refractivity contribution >= 4 is 12.1 Å². The second-order valence-electron chi connectivity index (χ2n) is 5.01. The summed E-state index contributed by atoms with van der Waals surface area (Å²) in [5.41, 5.74) is -0.474. The molecule has 20 heavy (non-hydrogen) atoms. The zero-order valence-corrected chi connectivity index (χ0v) is 11.0. The highest BCUT2D eigenvalue weighted by atomic mass is 16.6. The molecule has 0 bridgehead atoms. The first-order valence-electron chi connectivity index (χ1n) is 6.38. The van der Waals surface area contributed by atoms with Gasteiger partial charge in [-0.1, -0.05) is 30.3 Å². The molecule has 2 N–H and O–H groups in total. The number of carboxylic acids is 1. The third kappa shape index (κ3) is 3.71. The summed E-state index contributed by atoms with van der Waals surface area (Å²) in [6.07, 6.45) is -0.648. The minimum atomic E-state index is -1.35. The Balaban J connectivity index is 1.84. The van der Waals surface area contributed by atoms with Crippen LogP contribution in [0, 0.1) is 0 Å². The van der Waals surface area contributed by atoms with Crippen LogP contribution >= 0.6 is 0 Å². The summed E-state index contributed by atoms with van der Waals surface area (Å²) < 4.78 is 5.14. The van der Waals surface area contributed by atoms with Gasteiger partial charge in [-0.2, -0.15) is 0 Å². The van der Waals surface area contributed by atoms with Gasteiger partial charge in [0, 0.05) is 6.54 Å². The van der Waals surface area contributed by atoms with Crippen molar-refractivity contribution in [1.82, 2.24) is 4.90 Å². The van der Waals surface area contributed by atoms with Crippen LogP contribution in [0.4, 0.5) is 4.79 Å². The van der Waals surface area contributed by atoms with Gasteiger partial charge in [0.05, 0.1) is 18.6 Å². The number of amides is 1. The second kappa shape index (κ2) is 5.92. The minimum absolute atomic E-state index is 0.00702. The number of aliphatic hydroxyl groups is 1. The van der Waals surface area contributed by atoms with Gasteiger partial charge in [0.2, 0.25) is 0 Å². The lowest BCUT2D eigenvalue weighted by molar-refractivity contribution is -0.142. The Morgan fingerprint density at radius 3 is 2.65 bits per heavy atom. The van der Waals surface area contributed by atoms with Crippen molar-refractivity contribution in [2.45, 2.75) is 25.0 Å². The van der Waals surface area contributed by atoms with Crippen LogP contribution in [0.5, 0.6) is 0 Å². The lowest BCUT2D eigenvalue weighted by Gasteiger charge is -2.21. The topological polar surface area (TPSA) is 87.1 Å². The number of carboxylic acid groups (broad SMARTS) is 1. The molecule has 0 spiro atoms. The molecule has 1 aliphatic heterocycles.